The van der Waals surface area contributed by atoms with Crippen LogP contribution in [0.1, 0.15) is 11.4 Å². The lowest BCUT2D eigenvalue weighted by atomic mass is 10.3. The van der Waals surface area contributed by atoms with Gasteiger partial charge in [-0.15, -0.1) is 0 Å². The summed E-state index contributed by atoms with van der Waals surface area (Å²) in [6.07, 6.45) is 1.82. The molecule has 0 fully saturated rings. The summed E-state index contributed by atoms with van der Waals surface area (Å²) in [7, 11) is 0. The van der Waals surface area contributed by atoms with Gasteiger partial charge in [-0.3, -0.25) is 9.78 Å². The van der Waals surface area contributed by atoms with Gasteiger partial charge in [0.1, 0.15) is 0 Å². The van der Waals surface area contributed by atoms with E-state index in [0.29, 0.717) is 4.53 Å². The van der Waals surface area contributed by atoms with Crippen molar-refractivity contribution in [2.75, 3.05) is 0 Å². The van der Waals surface area contributed by atoms with Gasteiger partial charge in [-0.2, -0.15) is 0 Å². The van der Waals surface area contributed by atoms with Crippen molar-refractivity contribution < 1.29 is 0 Å². The van der Waals surface area contributed by atoms with Gasteiger partial charge < -0.3 is 0 Å². The molecule has 0 spiro atoms. The van der Waals surface area contributed by atoms with Crippen LogP contribution in [0.25, 0.3) is 22.1 Å². The standard InChI is InChI=1S/C16H11N3OS/c1-10-5-4-6-11(17-10)9-14-15(20)19-13-8-3-2-7-12(13)18-16(19)21-14/h2-9H,1H3. The zero-order valence-electron chi connectivity index (χ0n) is 11.3. The van der Waals surface area contributed by atoms with Gasteiger partial charge in [-0.1, -0.05) is 29.5 Å². The summed E-state index contributed by atoms with van der Waals surface area (Å²) in [6, 6.07) is 13.4. The van der Waals surface area contributed by atoms with Gasteiger partial charge in [-0.25, -0.2) is 9.38 Å². The van der Waals surface area contributed by atoms with Gasteiger partial charge in [0.25, 0.3) is 5.56 Å². The molecule has 0 aliphatic heterocycles. The Morgan fingerprint density at radius 1 is 1.10 bits per heavy atom. The third-order valence-electron chi connectivity index (χ3n) is 3.33. The third kappa shape index (κ3) is 1.94. The summed E-state index contributed by atoms with van der Waals surface area (Å²) in [5.74, 6) is 0. The summed E-state index contributed by atoms with van der Waals surface area (Å²) in [4.78, 5) is 22.2. The average molecular weight is 293 g/mol. The molecule has 0 unspecified atom stereocenters. The molecule has 3 heterocycles. The second-order valence-electron chi connectivity index (χ2n) is 4.84. The van der Waals surface area contributed by atoms with Gasteiger partial charge >= 0.3 is 0 Å². The molecular formula is C16H11N3OS. The van der Waals surface area contributed by atoms with E-state index in [1.807, 2.05) is 55.5 Å². The molecule has 4 aromatic rings. The number of rotatable bonds is 1. The fourth-order valence-electron chi connectivity index (χ4n) is 2.39. The molecule has 4 nitrogen and oxygen atoms in total. The van der Waals surface area contributed by atoms with Crippen LogP contribution in [0.5, 0.6) is 0 Å². The van der Waals surface area contributed by atoms with Crippen LogP contribution in [0.4, 0.5) is 0 Å². The highest BCUT2D eigenvalue weighted by molar-refractivity contribution is 7.15. The van der Waals surface area contributed by atoms with E-state index in [1.54, 1.807) is 4.40 Å². The largest absolute Gasteiger partial charge is 0.275 e. The van der Waals surface area contributed by atoms with E-state index in [9.17, 15) is 4.79 Å². The normalized spacial score (nSPS) is 12.5. The smallest absolute Gasteiger partial charge is 0.267 e. The van der Waals surface area contributed by atoms with Crippen LogP contribution in [-0.2, 0) is 0 Å². The fourth-order valence-corrected chi connectivity index (χ4v) is 3.36. The number of imidazole rings is 1. The van der Waals surface area contributed by atoms with Gasteiger partial charge in [0.05, 0.1) is 21.3 Å². The van der Waals surface area contributed by atoms with Crippen LogP contribution in [0, 0.1) is 6.92 Å². The highest BCUT2D eigenvalue weighted by Gasteiger charge is 2.10. The van der Waals surface area contributed by atoms with Crippen LogP contribution < -0.4 is 10.1 Å². The predicted molar refractivity (Wildman–Crippen MR) is 84.6 cm³/mol. The zero-order chi connectivity index (χ0) is 14.4. The van der Waals surface area contributed by atoms with Crippen LogP contribution >= 0.6 is 11.3 Å². The molecule has 0 saturated carbocycles. The molecule has 4 rings (SSSR count). The Hall–Kier alpha value is -2.53. The minimum Gasteiger partial charge on any atom is -0.267 e. The van der Waals surface area contributed by atoms with E-state index in [4.69, 9.17) is 0 Å². The quantitative estimate of drug-likeness (QED) is 0.540. The monoisotopic (exact) mass is 293 g/mol. The molecule has 21 heavy (non-hydrogen) atoms. The van der Waals surface area contributed by atoms with Crippen molar-refractivity contribution in [1.82, 2.24) is 14.4 Å². The maximum atomic E-state index is 12.6. The highest BCUT2D eigenvalue weighted by Crippen LogP contribution is 2.15. The van der Waals surface area contributed by atoms with Gasteiger partial charge in [-0.05, 0) is 37.3 Å². The molecule has 0 atom stereocenters. The van der Waals surface area contributed by atoms with Gasteiger partial charge in [0.15, 0.2) is 4.96 Å². The minimum absolute atomic E-state index is 0.0352. The lowest BCUT2D eigenvalue weighted by Gasteiger charge is -1.92. The number of fused-ring (bicyclic) bond motifs is 3. The van der Waals surface area contributed by atoms with Crippen molar-refractivity contribution in [1.29, 1.82) is 0 Å². The number of nitrogens with zero attached hydrogens (tertiary/aromatic N) is 3. The molecule has 0 N–H and O–H groups in total. The Labute approximate surface area is 124 Å². The number of hydrogen-bond donors (Lipinski definition) is 0. The Morgan fingerprint density at radius 2 is 1.95 bits per heavy atom. The van der Waals surface area contributed by atoms with Crippen molar-refractivity contribution in [2.45, 2.75) is 6.92 Å². The van der Waals surface area contributed by atoms with E-state index in [0.717, 1.165) is 27.4 Å². The maximum Gasteiger partial charge on any atom is 0.275 e. The molecular weight excluding hydrogens is 282 g/mol. The molecule has 0 aliphatic carbocycles. The van der Waals surface area contributed by atoms with E-state index < -0.39 is 0 Å². The van der Waals surface area contributed by atoms with Crippen LogP contribution in [-0.4, -0.2) is 14.4 Å². The number of aryl methyl sites for hydroxylation is 1. The predicted octanol–water partition coefficient (Wildman–Crippen LogP) is 2.16. The first-order valence-electron chi connectivity index (χ1n) is 6.58. The Morgan fingerprint density at radius 3 is 2.81 bits per heavy atom. The number of thiazole rings is 1. The second kappa shape index (κ2) is 4.49. The van der Waals surface area contributed by atoms with Crippen molar-refractivity contribution in [3.63, 3.8) is 0 Å². The van der Waals surface area contributed by atoms with Crippen molar-refractivity contribution >= 4 is 33.4 Å². The third-order valence-corrected chi connectivity index (χ3v) is 4.30. The first-order chi connectivity index (χ1) is 10.2. The number of pyridine rings is 1. The number of aromatic nitrogens is 3. The molecule has 0 bridgehead atoms. The van der Waals surface area contributed by atoms with Crippen LogP contribution in [0.2, 0.25) is 0 Å². The first-order valence-corrected chi connectivity index (χ1v) is 7.39. The Balaban J connectivity index is 2.03. The summed E-state index contributed by atoms with van der Waals surface area (Å²) in [5.41, 5.74) is 3.39. The van der Waals surface area contributed by atoms with E-state index in [1.165, 1.54) is 11.3 Å². The van der Waals surface area contributed by atoms with Crippen molar-refractivity contribution in [3.05, 3.63) is 68.7 Å². The minimum atomic E-state index is -0.0352. The van der Waals surface area contributed by atoms with Gasteiger partial charge in [0.2, 0.25) is 0 Å². The zero-order valence-corrected chi connectivity index (χ0v) is 12.1. The SMILES string of the molecule is Cc1cccc(C=c2sc3nc4ccccc4n3c2=O)n1. The molecule has 0 amide bonds. The number of hydrogen-bond acceptors (Lipinski definition) is 4. The highest BCUT2D eigenvalue weighted by atomic mass is 32.1. The van der Waals surface area contributed by atoms with E-state index in [2.05, 4.69) is 9.97 Å². The summed E-state index contributed by atoms with van der Waals surface area (Å²) >= 11 is 1.39. The molecule has 0 radical (unpaired) electrons. The van der Waals surface area contributed by atoms with Gasteiger partial charge in [0, 0.05) is 5.69 Å². The molecule has 0 aliphatic rings. The maximum absolute atomic E-state index is 12.6. The molecule has 0 saturated heterocycles. The summed E-state index contributed by atoms with van der Waals surface area (Å²) in [5, 5.41) is 0. The lowest BCUT2D eigenvalue weighted by Crippen LogP contribution is -2.22. The lowest BCUT2D eigenvalue weighted by molar-refractivity contribution is 1.17. The topological polar surface area (TPSA) is 47.3 Å². The number of benzene rings is 1. The first kappa shape index (κ1) is 12.2. The van der Waals surface area contributed by atoms with Crippen LogP contribution in [0.15, 0.2) is 47.3 Å². The second-order valence-corrected chi connectivity index (χ2v) is 5.85. The molecule has 1 aromatic carbocycles. The molecule has 102 valence electrons. The van der Waals surface area contributed by atoms with Crippen molar-refractivity contribution in [2.24, 2.45) is 0 Å². The summed E-state index contributed by atoms with van der Waals surface area (Å²) < 4.78 is 2.32. The Kier molecular flexibility index (Phi) is 2.62. The van der Waals surface area contributed by atoms with E-state index >= 15 is 0 Å². The van der Waals surface area contributed by atoms with Crippen molar-refractivity contribution in [3.8, 4) is 0 Å². The number of para-hydroxylation sites is 2. The fraction of sp³-hybridized carbons (Fsp3) is 0.0625. The molecule has 5 heteroatoms. The Bertz CT molecular complexity index is 1080. The molecule has 3 aromatic heterocycles. The van der Waals surface area contributed by atoms with Crippen LogP contribution in [0.3, 0.4) is 0 Å². The summed E-state index contributed by atoms with van der Waals surface area (Å²) in [6.45, 7) is 1.93. The average Bonchev–Trinajstić information content (AvgIpc) is 2.97. The van der Waals surface area contributed by atoms with E-state index in [-0.39, 0.29) is 5.56 Å².